The lowest BCUT2D eigenvalue weighted by atomic mass is 10.0. The first-order valence-corrected chi connectivity index (χ1v) is 10.0. The van der Waals surface area contributed by atoms with Crippen molar-refractivity contribution in [1.82, 2.24) is 15.1 Å². The SMILES string of the molecule is CCN(CC(=O)O)C1CCN(c2nnc(Cc3ccc(Cl)cc3)s2)CC1. The number of aliphatic carboxylic acids is 1. The predicted octanol–water partition coefficient (Wildman–Crippen LogP) is 3.16. The van der Waals surface area contributed by atoms with E-state index in [9.17, 15) is 4.79 Å². The fraction of sp³-hybridized carbons (Fsp3) is 0.500. The van der Waals surface area contributed by atoms with Crippen molar-refractivity contribution in [2.75, 3.05) is 31.1 Å². The quantitative estimate of drug-likeness (QED) is 0.777. The Morgan fingerprint density at radius 1 is 1.31 bits per heavy atom. The van der Waals surface area contributed by atoms with E-state index in [0.717, 1.165) is 54.1 Å². The van der Waals surface area contributed by atoms with Crippen molar-refractivity contribution in [1.29, 1.82) is 0 Å². The number of benzene rings is 1. The number of hydrogen-bond acceptors (Lipinski definition) is 6. The second kappa shape index (κ2) is 8.79. The van der Waals surface area contributed by atoms with Crippen LogP contribution in [0.5, 0.6) is 0 Å². The number of likely N-dealkylation sites (N-methyl/N-ethyl adjacent to an activating group) is 1. The standard InChI is InChI=1S/C18H23ClN4O2S/c1-2-22(12-17(24)25)15-7-9-23(10-8-15)18-21-20-16(26-18)11-13-3-5-14(19)6-4-13/h3-6,15H,2,7-12H2,1H3,(H,24,25). The van der Waals surface area contributed by atoms with Crippen LogP contribution in [0, 0.1) is 0 Å². The van der Waals surface area contributed by atoms with Crippen LogP contribution in [-0.4, -0.2) is 58.4 Å². The molecular formula is C18H23ClN4O2S. The van der Waals surface area contributed by atoms with Gasteiger partial charge in [-0.25, -0.2) is 0 Å². The number of hydrogen-bond donors (Lipinski definition) is 1. The van der Waals surface area contributed by atoms with E-state index < -0.39 is 5.97 Å². The molecule has 2 aromatic rings. The van der Waals surface area contributed by atoms with E-state index in [4.69, 9.17) is 16.7 Å². The third-order valence-corrected chi connectivity index (χ3v) is 5.96. The molecule has 0 amide bonds. The lowest BCUT2D eigenvalue weighted by Crippen LogP contribution is -2.46. The summed E-state index contributed by atoms with van der Waals surface area (Å²) in [4.78, 5) is 15.3. The molecule has 0 aliphatic carbocycles. The van der Waals surface area contributed by atoms with Gasteiger partial charge < -0.3 is 10.0 Å². The smallest absolute Gasteiger partial charge is 0.317 e. The van der Waals surface area contributed by atoms with Crippen LogP contribution in [0.3, 0.4) is 0 Å². The normalized spacial score (nSPS) is 15.6. The number of piperidine rings is 1. The number of anilines is 1. The van der Waals surface area contributed by atoms with Gasteiger partial charge in [-0.15, -0.1) is 10.2 Å². The summed E-state index contributed by atoms with van der Waals surface area (Å²) in [5.41, 5.74) is 1.17. The van der Waals surface area contributed by atoms with Crippen LogP contribution in [-0.2, 0) is 11.2 Å². The Morgan fingerprint density at radius 3 is 2.62 bits per heavy atom. The topological polar surface area (TPSA) is 69.6 Å². The summed E-state index contributed by atoms with van der Waals surface area (Å²) >= 11 is 7.55. The number of carbonyl (C=O) groups is 1. The van der Waals surface area contributed by atoms with Crippen molar-refractivity contribution in [2.24, 2.45) is 0 Å². The average Bonchev–Trinajstić information content (AvgIpc) is 3.10. The largest absolute Gasteiger partial charge is 0.480 e. The van der Waals surface area contributed by atoms with Crippen LogP contribution >= 0.6 is 22.9 Å². The Hall–Kier alpha value is -1.70. The second-order valence-electron chi connectivity index (χ2n) is 6.46. The number of aromatic nitrogens is 2. The predicted molar refractivity (Wildman–Crippen MR) is 104 cm³/mol. The maximum atomic E-state index is 11.0. The van der Waals surface area contributed by atoms with Crippen molar-refractivity contribution in [3.8, 4) is 0 Å². The highest BCUT2D eigenvalue weighted by Crippen LogP contribution is 2.27. The van der Waals surface area contributed by atoms with Crippen molar-refractivity contribution in [3.05, 3.63) is 39.9 Å². The van der Waals surface area contributed by atoms with Crippen LogP contribution in [0.1, 0.15) is 30.3 Å². The Morgan fingerprint density at radius 2 is 2.00 bits per heavy atom. The summed E-state index contributed by atoms with van der Waals surface area (Å²) in [6.45, 7) is 4.67. The van der Waals surface area contributed by atoms with Gasteiger partial charge >= 0.3 is 5.97 Å². The zero-order valence-corrected chi connectivity index (χ0v) is 16.3. The molecule has 1 N–H and O–H groups in total. The van der Waals surface area contributed by atoms with Gasteiger partial charge in [0.2, 0.25) is 5.13 Å². The van der Waals surface area contributed by atoms with Gasteiger partial charge in [-0.05, 0) is 37.1 Å². The summed E-state index contributed by atoms with van der Waals surface area (Å²) in [5, 5.41) is 20.4. The van der Waals surface area contributed by atoms with E-state index >= 15 is 0 Å². The highest BCUT2D eigenvalue weighted by Gasteiger charge is 2.26. The number of halogens is 1. The lowest BCUT2D eigenvalue weighted by molar-refractivity contribution is -0.139. The maximum Gasteiger partial charge on any atom is 0.317 e. The molecule has 26 heavy (non-hydrogen) atoms. The lowest BCUT2D eigenvalue weighted by Gasteiger charge is -2.37. The molecule has 0 saturated carbocycles. The molecule has 1 aliphatic heterocycles. The fourth-order valence-electron chi connectivity index (χ4n) is 3.32. The molecule has 1 aliphatic rings. The third-order valence-electron chi connectivity index (χ3n) is 4.72. The zero-order valence-electron chi connectivity index (χ0n) is 14.8. The third kappa shape index (κ3) is 4.93. The molecule has 1 aromatic carbocycles. The van der Waals surface area contributed by atoms with Crippen molar-refractivity contribution in [2.45, 2.75) is 32.2 Å². The van der Waals surface area contributed by atoms with Gasteiger partial charge in [-0.1, -0.05) is 42.0 Å². The number of carboxylic acid groups (broad SMARTS) is 1. The van der Waals surface area contributed by atoms with Crippen LogP contribution in [0.25, 0.3) is 0 Å². The van der Waals surface area contributed by atoms with Crippen LogP contribution in [0.2, 0.25) is 5.02 Å². The fourth-order valence-corrected chi connectivity index (χ4v) is 4.37. The molecule has 2 heterocycles. The Kier molecular flexibility index (Phi) is 6.45. The van der Waals surface area contributed by atoms with Crippen LogP contribution < -0.4 is 4.90 Å². The minimum atomic E-state index is -0.759. The average molecular weight is 395 g/mol. The summed E-state index contributed by atoms with van der Waals surface area (Å²) < 4.78 is 0. The molecule has 1 fully saturated rings. The van der Waals surface area contributed by atoms with E-state index in [1.54, 1.807) is 11.3 Å². The summed E-state index contributed by atoms with van der Waals surface area (Å²) in [6.07, 6.45) is 2.66. The van der Waals surface area contributed by atoms with Gasteiger partial charge in [0.1, 0.15) is 5.01 Å². The van der Waals surface area contributed by atoms with Crippen molar-refractivity contribution >= 4 is 34.0 Å². The summed E-state index contributed by atoms with van der Waals surface area (Å²) in [5.74, 6) is -0.759. The Balaban J connectivity index is 1.55. The summed E-state index contributed by atoms with van der Waals surface area (Å²) in [6, 6.07) is 8.13. The second-order valence-corrected chi connectivity index (χ2v) is 7.93. The van der Waals surface area contributed by atoms with E-state index in [1.165, 1.54) is 5.56 Å². The van der Waals surface area contributed by atoms with Gasteiger partial charge in [0, 0.05) is 30.6 Å². The molecule has 6 nitrogen and oxygen atoms in total. The zero-order chi connectivity index (χ0) is 18.5. The highest BCUT2D eigenvalue weighted by molar-refractivity contribution is 7.15. The molecule has 3 rings (SSSR count). The van der Waals surface area contributed by atoms with Crippen molar-refractivity contribution < 1.29 is 9.90 Å². The van der Waals surface area contributed by atoms with E-state index in [-0.39, 0.29) is 6.54 Å². The molecule has 1 saturated heterocycles. The molecule has 140 valence electrons. The molecule has 8 heteroatoms. The Bertz CT molecular complexity index is 729. The number of nitrogens with zero attached hydrogens (tertiary/aromatic N) is 4. The Labute approximate surface area is 162 Å². The minimum Gasteiger partial charge on any atom is -0.480 e. The van der Waals surface area contributed by atoms with Gasteiger partial charge in [0.05, 0.1) is 6.54 Å². The van der Waals surface area contributed by atoms with Gasteiger partial charge in [-0.3, -0.25) is 9.69 Å². The minimum absolute atomic E-state index is 0.116. The highest BCUT2D eigenvalue weighted by atomic mass is 35.5. The molecule has 0 radical (unpaired) electrons. The van der Waals surface area contributed by atoms with E-state index in [0.29, 0.717) is 6.04 Å². The van der Waals surface area contributed by atoms with E-state index in [2.05, 4.69) is 15.1 Å². The maximum absolute atomic E-state index is 11.0. The van der Waals surface area contributed by atoms with Crippen molar-refractivity contribution in [3.63, 3.8) is 0 Å². The first-order valence-electron chi connectivity index (χ1n) is 8.82. The molecule has 0 atom stereocenters. The summed E-state index contributed by atoms with van der Waals surface area (Å²) in [7, 11) is 0. The first kappa shape index (κ1) is 19.1. The molecule has 0 bridgehead atoms. The first-order chi connectivity index (χ1) is 12.5. The van der Waals surface area contributed by atoms with Gasteiger partial charge in [-0.2, -0.15) is 0 Å². The molecule has 1 aromatic heterocycles. The molecular weight excluding hydrogens is 372 g/mol. The van der Waals surface area contributed by atoms with E-state index in [1.807, 2.05) is 36.1 Å². The van der Waals surface area contributed by atoms with Gasteiger partial charge in [0.25, 0.3) is 0 Å². The monoisotopic (exact) mass is 394 g/mol. The molecule has 0 spiro atoms. The number of rotatable bonds is 7. The van der Waals surface area contributed by atoms with Crippen LogP contribution in [0.15, 0.2) is 24.3 Å². The number of carboxylic acids is 1. The van der Waals surface area contributed by atoms with Crippen LogP contribution in [0.4, 0.5) is 5.13 Å². The van der Waals surface area contributed by atoms with Gasteiger partial charge in [0.15, 0.2) is 0 Å². The molecule has 0 unspecified atom stereocenters.